The van der Waals surface area contributed by atoms with Gasteiger partial charge in [0.15, 0.2) is 11.5 Å². The highest BCUT2D eigenvalue weighted by molar-refractivity contribution is 5.75. The third-order valence-electron chi connectivity index (χ3n) is 5.17. The molecule has 0 bridgehead atoms. The standard InChI is InChI=1S/C25H29N3O4/c1-18-6-9-20(10-7-18)21-11-13-25(30)28(27-21)16-4-5-24(29)26-15-14-19-8-12-22(31-2)23(17-19)32-3/h6-13,17H,4-5,14-16H2,1-3H3,(H,26,29). The molecule has 7 nitrogen and oxygen atoms in total. The van der Waals surface area contributed by atoms with E-state index in [0.29, 0.717) is 43.9 Å². The van der Waals surface area contributed by atoms with E-state index in [1.807, 2.05) is 49.4 Å². The average Bonchev–Trinajstić information content (AvgIpc) is 2.80. The summed E-state index contributed by atoms with van der Waals surface area (Å²) in [5, 5.41) is 7.37. The lowest BCUT2D eigenvalue weighted by atomic mass is 10.1. The minimum absolute atomic E-state index is 0.0479. The molecule has 0 atom stereocenters. The zero-order valence-electron chi connectivity index (χ0n) is 18.8. The van der Waals surface area contributed by atoms with E-state index in [0.717, 1.165) is 16.8 Å². The van der Waals surface area contributed by atoms with Crippen LogP contribution in [0.1, 0.15) is 24.0 Å². The topological polar surface area (TPSA) is 82.5 Å². The molecule has 3 aromatic rings. The number of hydrogen-bond acceptors (Lipinski definition) is 5. The van der Waals surface area contributed by atoms with E-state index < -0.39 is 0 Å². The zero-order valence-corrected chi connectivity index (χ0v) is 18.8. The summed E-state index contributed by atoms with van der Waals surface area (Å²) >= 11 is 0. The lowest BCUT2D eigenvalue weighted by Gasteiger charge is -2.10. The second-order valence-electron chi connectivity index (χ2n) is 7.54. The lowest BCUT2D eigenvalue weighted by Crippen LogP contribution is -2.27. The van der Waals surface area contributed by atoms with Crippen LogP contribution in [-0.4, -0.2) is 36.5 Å². The summed E-state index contributed by atoms with van der Waals surface area (Å²) < 4.78 is 12.0. The van der Waals surface area contributed by atoms with Gasteiger partial charge in [0, 0.05) is 31.1 Å². The Bertz CT molecular complexity index is 1110. The summed E-state index contributed by atoms with van der Waals surface area (Å²) in [6.45, 7) is 2.94. The highest BCUT2D eigenvalue weighted by Gasteiger charge is 2.07. The Hall–Kier alpha value is -3.61. The molecule has 1 N–H and O–H groups in total. The average molecular weight is 436 g/mol. The van der Waals surface area contributed by atoms with Crippen molar-refractivity contribution in [1.29, 1.82) is 0 Å². The molecule has 32 heavy (non-hydrogen) atoms. The molecule has 0 unspecified atom stereocenters. The maximum atomic E-state index is 12.2. The highest BCUT2D eigenvalue weighted by atomic mass is 16.5. The van der Waals surface area contributed by atoms with Gasteiger partial charge in [-0.25, -0.2) is 4.68 Å². The minimum Gasteiger partial charge on any atom is -0.493 e. The lowest BCUT2D eigenvalue weighted by molar-refractivity contribution is -0.121. The maximum Gasteiger partial charge on any atom is 0.266 e. The number of methoxy groups -OCH3 is 2. The van der Waals surface area contributed by atoms with Gasteiger partial charge in [0.1, 0.15) is 0 Å². The van der Waals surface area contributed by atoms with Crippen LogP contribution in [0.2, 0.25) is 0 Å². The summed E-state index contributed by atoms with van der Waals surface area (Å²) in [7, 11) is 3.19. The van der Waals surface area contributed by atoms with Crippen molar-refractivity contribution in [3.8, 4) is 22.8 Å². The van der Waals surface area contributed by atoms with Gasteiger partial charge in [0.05, 0.1) is 19.9 Å². The van der Waals surface area contributed by atoms with Crippen LogP contribution in [-0.2, 0) is 17.8 Å². The number of nitrogens with one attached hydrogen (secondary N) is 1. The molecule has 3 rings (SSSR count). The fourth-order valence-corrected chi connectivity index (χ4v) is 3.35. The molecule has 0 aliphatic rings. The van der Waals surface area contributed by atoms with E-state index in [1.54, 1.807) is 20.3 Å². The number of benzene rings is 2. The fourth-order valence-electron chi connectivity index (χ4n) is 3.35. The number of aryl methyl sites for hydroxylation is 2. The van der Waals surface area contributed by atoms with Crippen LogP contribution in [0.3, 0.4) is 0 Å². The Balaban J connectivity index is 1.47. The molecular formula is C25H29N3O4. The van der Waals surface area contributed by atoms with Crippen LogP contribution in [0.25, 0.3) is 11.3 Å². The molecule has 7 heteroatoms. The Morgan fingerprint density at radius 2 is 1.75 bits per heavy atom. The molecule has 0 aliphatic carbocycles. The van der Waals surface area contributed by atoms with Crippen LogP contribution in [0.15, 0.2) is 59.4 Å². The summed E-state index contributed by atoms with van der Waals surface area (Å²) in [6.07, 6.45) is 1.55. The summed E-state index contributed by atoms with van der Waals surface area (Å²) in [6, 6.07) is 17.0. The smallest absolute Gasteiger partial charge is 0.266 e. The predicted molar refractivity (Wildman–Crippen MR) is 124 cm³/mol. The van der Waals surface area contributed by atoms with Crippen LogP contribution in [0, 0.1) is 6.92 Å². The van der Waals surface area contributed by atoms with Gasteiger partial charge in [-0.1, -0.05) is 35.9 Å². The summed E-state index contributed by atoms with van der Waals surface area (Å²) in [5.41, 5.74) is 3.74. The van der Waals surface area contributed by atoms with E-state index >= 15 is 0 Å². The van der Waals surface area contributed by atoms with E-state index in [-0.39, 0.29) is 11.5 Å². The molecule has 0 spiro atoms. The van der Waals surface area contributed by atoms with Crippen molar-refractivity contribution < 1.29 is 14.3 Å². The van der Waals surface area contributed by atoms with Crippen molar-refractivity contribution in [2.45, 2.75) is 32.7 Å². The van der Waals surface area contributed by atoms with Gasteiger partial charge in [0.25, 0.3) is 5.56 Å². The van der Waals surface area contributed by atoms with Gasteiger partial charge >= 0.3 is 0 Å². The Labute approximate surface area is 188 Å². The highest BCUT2D eigenvalue weighted by Crippen LogP contribution is 2.27. The SMILES string of the molecule is COc1ccc(CCNC(=O)CCCn2nc(-c3ccc(C)cc3)ccc2=O)cc1OC. The first kappa shape index (κ1) is 23.1. The van der Waals surface area contributed by atoms with E-state index in [9.17, 15) is 9.59 Å². The Kier molecular flexibility index (Phi) is 8.02. The van der Waals surface area contributed by atoms with Gasteiger partial charge in [-0.05, 0) is 43.5 Å². The third kappa shape index (κ3) is 6.20. The number of carbonyl (C=O) groups is 1. The van der Waals surface area contributed by atoms with Crippen LogP contribution in [0.4, 0.5) is 0 Å². The van der Waals surface area contributed by atoms with Crippen molar-refractivity contribution in [3.63, 3.8) is 0 Å². The van der Waals surface area contributed by atoms with Crippen LogP contribution < -0.4 is 20.3 Å². The van der Waals surface area contributed by atoms with Crippen molar-refractivity contribution in [3.05, 3.63) is 76.1 Å². The first-order chi connectivity index (χ1) is 15.5. The number of rotatable bonds is 10. The molecule has 1 aromatic heterocycles. The Morgan fingerprint density at radius 1 is 1.00 bits per heavy atom. The third-order valence-corrected chi connectivity index (χ3v) is 5.17. The molecule has 1 heterocycles. The van der Waals surface area contributed by atoms with Gasteiger partial charge < -0.3 is 14.8 Å². The van der Waals surface area contributed by atoms with Crippen molar-refractivity contribution >= 4 is 5.91 Å². The fraction of sp³-hybridized carbons (Fsp3) is 0.320. The summed E-state index contributed by atoms with van der Waals surface area (Å²) in [4.78, 5) is 24.3. The molecule has 0 aliphatic heterocycles. The molecule has 0 radical (unpaired) electrons. The van der Waals surface area contributed by atoms with Gasteiger partial charge in [-0.2, -0.15) is 5.10 Å². The second kappa shape index (κ2) is 11.1. The summed E-state index contributed by atoms with van der Waals surface area (Å²) in [5.74, 6) is 1.30. The normalized spacial score (nSPS) is 10.6. The van der Waals surface area contributed by atoms with Crippen LogP contribution in [0.5, 0.6) is 11.5 Å². The van der Waals surface area contributed by atoms with Gasteiger partial charge in [-0.15, -0.1) is 0 Å². The number of ether oxygens (including phenoxy) is 2. The maximum absolute atomic E-state index is 12.2. The first-order valence-corrected chi connectivity index (χ1v) is 10.6. The second-order valence-corrected chi connectivity index (χ2v) is 7.54. The Morgan fingerprint density at radius 3 is 2.47 bits per heavy atom. The number of carbonyl (C=O) groups excluding carboxylic acids is 1. The molecule has 2 aromatic carbocycles. The molecule has 168 valence electrons. The quantitative estimate of drug-likeness (QED) is 0.528. The number of nitrogens with zero attached hydrogens (tertiary/aromatic N) is 2. The largest absolute Gasteiger partial charge is 0.493 e. The number of amides is 1. The molecular weight excluding hydrogens is 406 g/mol. The van der Waals surface area contributed by atoms with Crippen LogP contribution >= 0.6 is 0 Å². The number of aromatic nitrogens is 2. The predicted octanol–water partition coefficient (Wildman–Crippen LogP) is 3.38. The molecule has 0 saturated heterocycles. The molecule has 0 saturated carbocycles. The van der Waals surface area contributed by atoms with Crippen molar-refractivity contribution in [2.24, 2.45) is 0 Å². The monoisotopic (exact) mass is 435 g/mol. The van der Waals surface area contributed by atoms with E-state index in [2.05, 4.69) is 10.4 Å². The zero-order chi connectivity index (χ0) is 22.9. The van der Waals surface area contributed by atoms with Crippen molar-refractivity contribution in [2.75, 3.05) is 20.8 Å². The molecule has 1 amide bonds. The van der Waals surface area contributed by atoms with Gasteiger partial charge in [0.2, 0.25) is 5.91 Å². The number of hydrogen-bond donors (Lipinski definition) is 1. The van der Waals surface area contributed by atoms with E-state index in [1.165, 1.54) is 16.3 Å². The van der Waals surface area contributed by atoms with E-state index in [4.69, 9.17) is 9.47 Å². The van der Waals surface area contributed by atoms with Crippen molar-refractivity contribution in [1.82, 2.24) is 15.1 Å². The first-order valence-electron chi connectivity index (χ1n) is 10.6. The van der Waals surface area contributed by atoms with Gasteiger partial charge in [-0.3, -0.25) is 9.59 Å². The molecule has 0 fully saturated rings. The minimum atomic E-state index is -0.172.